The van der Waals surface area contributed by atoms with E-state index in [1.807, 2.05) is 30.3 Å². The van der Waals surface area contributed by atoms with Crippen molar-refractivity contribution in [1.29, 1.82) is 0 Å². The molecule has 6 heteroatoms. The Balaban J connectivity index is 1.71. The number of fused-ring (bicyclic) bond motifs is 1. The summed E-state index contributed by atoms with van der Waals surface area (Å²) in [5, 5.41) is 10.1. The summed E-state index contributed by atoms with van der Waals surface area (Å²) in [6.07, 6.45) is 0. The normalized spacial score (nSPS) is 15.8. The van der Waals surface area contributed by atoms with Crippen LogP contribution in [0.25, 0.3) is 0 Å². The van der Waals surface area contributed by atoms with Crippen LogP contribution >= 0.6 is 0 Å². The number of amides is 2. The highest BCUT2D eigenvalue weighted by molar-refractivity contribution is 5.71. The number of nitrogens with zero attached hydrogens (tertiary/aromatic N) is 1. The van der Waals surface area contributed by atoms with Crippen molar-refractivity contribution < 1.29 is 19.5 Å². The molecule has 0 saturated heterocycles. The van der Waals surface area contributed by atoms with Gasteiger partial charge in [0.05, 0.1) is 0 Å². The second-order valence-electron chi connectivity index (χ2n) is 4.98. The standard InChI is InChI=1S/C16H16N2O4/c17-16(19)18(20)14-10-22-15-8-12(6-7-13(14)15)21-9-11-4-2-1-3-5-11/h1-8,14,20H,9-10H2,(H2,17,19)/t14-/m0/s1. The fraction of sp³-hybridized carbons (Fsp3) is 0.188. The molecular weight excluding hydrogens is 284 g/mol. The maximum Gasteiger partial charge on any atom is 0.339 e. The quantitative estimate of drug-likeness (QED) is 0.671. The second kappa shape index (κ2) is 5.95. The Kier molecular flexibility index (Phi) is 3.84. The molecule has 0 unspecified atom stereocenters. The van der Waals surface area contributed by atoms with E-state index in [2.05, 4.69) is 0 Å². The van der Waals surface area contributed by atoms with Gasteiger partial charge in [0.15, 0.2) is 0 Å². The molecule has 2 aromatic rings. The Hall–Kier alpha value is -2.73. The fourth-order valence-electron chi connectivity index (χ4n) is 2.36. The Morgan fingerprint density at radius 2 is 2.09 bits per heavy atom. The van der Waals surface area contributed by atoms with E-state index in [1.54, 1.807) is 18.2 Å². The summed E-state index contributed by atoms with van der Waals surface area (Å²) >= 11 is 0. The van der Waals surface area contributed by atoms with Crippen molar-refractivity contribution in [2.45, 2.75) is 12.6 Å². The van der Waals surface area contributed by atoms with E-state index in [9.17, 15) is 10.0 Å². The minimum Gasteiger partial charge on any atom is -0.490 e. The second-order valence-corrected chi connectivity index (χ2v) is 4.98. The van der Waals surface area contributed by atoms with E-state index in [0.29, 0.717) is 28.7 Å². The molecule has 0 saturated carbocycles. The first-order chi connectivity index (χ1) is 10.6. The molecule has 0 spiro atoms. The molecule has 114 valence electrons. The Morgan fingerprint density at radius 3 is 2.82 bits per heavy atom. The van der Waals surface area contributed by atoms with Crippen LogP contribution in [0, 0.1) is 0 Å². The van der Waals surface area contributed by atoms with Crippen molar-refractivity contribution in [3.8, 4) is 11.5 Å². The Labute approximate surface area is 127 Å². The summed E-state index contributed by atoms with van der Waals surface area (Å²) in [7, 11) is 0. The summed E-state index contributed by atoms with van der Waals surface area (Å²) in [4.78, 5) is 11.0. The SMILES string of the molecule is NC(=O)N(O)[C@H]1COc2cc(OCc3ccccc3)ccc21. The molecule has 1 atom stereocenters. The molecular formula is C16H16N2O4. The summed E-state index contributed by atoms with van der Waals surface area (Å²) in [5.74, 6) is 1.24. The van der Waals surface area contributed by atoms with Crippen molar-refractivity contribution in [2.75, 3.05) is 6.61 Å². The van der Waals surface area contributed by atoms with E-state index in [0.717, 1.165) is 5.56 Å². The first-order valence-corrected chi connectivity index (χ1v) is 6.86. The van der Waals surface area contributed by atoms with E-state index >= 15 is 0 Å². The highest BCUT2D eigenvalue weighted by atomic mass is 16.5. The van der Waals surface area contributed by atoms with Gasteiger partial charge >= 0.3 is 6.03 Å². The van der Waals surface area contributed by atoms with Crippen LogP contribution in [0.1, 0.15) is 17.2 Å². The van der Waals surface area contributed by atoms with E-state index in [4.69, 9.17) is 15.2 Å². The largest absolute Gasteiger partial charge is 0.490 e. The van der Waals surface area contributed by atoms with E-state index in [1.165, 1.54) is 0 Å². The predicted molar refractivity (Wildman–Crippen MR) is 78.7 cm³/mol. The van der Waals surface area contributed by atoms with E-state index < -0.39 is 12.1 Å². The monoisotopic (exact) mass is 300 g/mol. The van der Waals surface area contributed by atoms with Crippen LogP contribution in [-0.2, 0) is 6.61 Å². The number of urea groups is 1. The smallest absolute Gasteiger partial charge is 0.339 e. The maximum absolute atomic E-state index is 11.0. The third kappa shape index (κ3) is 2.82. The molecule has 0 aromatic heterocycles. The van der Waals surface area contributed by atoms with Crippen molar-refractivity contribution in [3.63, 3.8) is 0 Å². The van der Waals surface area contributed by atoms with Gasteiger partial charge in [-0.2, -0.15) is 5.06 Å². The van der Waals surface area contributed by atoms with Gasteiger partial charge in [-0.1, -0.05) is 30.3 Å². The van der Waals surface area contributed by atoms with Gasteiger partial charge in [-0.3, -0.25) is 5.21 Å². The van der Waals surface area contributed by atoms with Crippen molar-refractivity contribution in [1.82, 2.24) is 5.06 Å². The summed E-state index contributed by atoms with van der Waals surface area (Å²) in [5.41, 5.74) is 6.84. The number of nitrogens with two attached hydrogens (primary N) is 1. The Morgan fingerprint density at radius 1 is 1.32 bits per heavy atom. The first kappa shape index (κ1) is 14.2. The number of hydroxylamine groups is 2. The number of carbonyl (C=O) groups excluding carboxylic acids is 1. The zero-order valence-corrected chi connectivity index (χ0v) is 11.8. The number of benzene rings is 2. The highest BCUT2D eigenvalue weighted by Crippen LogP contribution is 2.37. The molecule has 0 bridgehead atoms. The molecule has 2 amide bonds. The van der Waals surface area contributed by atoms with Gasteiger partial charge in [-0.05, 0) is 17.7 Å². The summed E-state index contributed by atoms with van der Waals surface area (Å²) < 4.78 is 11.2. The van der Waals surface area contributed by atoms with Crippen LogP contribution in [0.3, 0.4) is 0 Å². The van der Waals surface area contributed by atoms with Gasteiger partial charge in [-0.25, -0.2) is 4.79 Å². The van der Waals surface area contributed by atoms with Crippen LogP contribution in [-0.4, -0.2) is 22.9 Å². The summed E-state index contributed by atoms with van der Waals surface area (Å²) in [6.45, 7) is 0.618. The lowest BCUT2D eigenvalue weighted by atomic mass is 10.1. The minimum absolute atomic E-state index is 0.164. The van der Waals surface area contributed by atoms with Gasteiger partial charge in [0, 0.05) is 11.6 Å². The third-order valence-electron chi connectivity index (χ3n) is 3.51. The molecule has 1 aliphatic rings. The number of rotatable bonds is 4. The fourth-order valence-corrected chi connectivity index (χ4v) is 2.36. The minimum atomic E-state index is -0.911. The van der Waals surface area contributed by atoms with Gasteiger partial charge in [0.1, 0.15) is 30.8 Å². The van der Waals surface area contributed by atoms with Crippen LogP contribution in [0.15, 0.2) is 48.5 Å². The average molecular weight is 300 g/mol. The zero-order valence-electron chi connectivity index (χ0n) is 11.8. The number of hydrogen-bond donors (Lipinski definition) is 2. The third-order valence-corrected chi connectivity index (χ3v) is 3.51. The van der Waals surface area contributed by atoms with Gasteiger partial charge in [-0.15, -0.1) is 0 Å². The zero-order chi connectivity index (χ0) is 15.5. The van der Waals surface area contributed by atoms with Crippen LogP contribution in [0.2, 0.25) is 0 Å². The molecule has 1 heterocycles. The van der Waals surface area contributed by atoms with Gasteiger partial charge < -0.3 is 15.2 Å². The molecule has 0 radical (unpaired) electrons. The molecule has 1 aliphatic heterocycles. The lowest BCUT2D eigenvalue weighted by Crippen LogP contribution is -2.36. The molecule has 22 heavy (non-hydrogen) atoms. The lowest BCUT2D eigenvalue weighted by molar-refractivity contribution is -0.0798. The molecule has 0 fully saturated rings. The van der Waals surface area contributed by atoms with Gasteiger partial charge in [0.25, 0.3) is 0 Å². The van der Waals surface area contributed by atoms with Crippen LogP contribution < -0.4 is 15.2 Å². The number of hydrogen-bond acceptors (Lipinski definition) is 4. The van der Waals surface area contributed by atoms with Gasteiger partial charge in [0.2, 0.25) is 0 Å². The van der Waals surface area contributed by atoms with Crippen LogP contribution in [0.4, 0.5) is 4.79 Å². The first-order valence-electron chi connectivity index (χ1n) is 6.86. The van der Waals surface area contributed by atoms with Crippen molar-refractivity contribution in [2.24, 2.45) is 5.73 Å². The number of ether oxygens (including phenoxy) is 2. The predicted octanol–water partition coefficient (Wildman–Crippen LogP) is 2.47. The lowest BCUT2D eigenvalue weighted by Gasteiger charge is -2.18. The highest BCUT2D eigenvalue weighted by Gasteiger charge is 2.31. The average Bonchev–Trinajstić information content (AvgIpc) is 2.96. The summed E-state index contributed by atoms with van der Waals surface area (Å²) in [6, 6.07) is 13.6. The van der Waals surface area contributed by atoms with E-state index in [-0.39, 0.29) is 6.61 Å². The van der Waals surface area contributed by atoms with Crippen molar-refractivity contribution in [3.05, 3.63) is 59.7 Å². The number of carbonyl (C=O) groups is 1. The molecule has 3 rings (SSSR count). The number of primary amides is 1. The molecule has 3 N–H and O–H groups in total. The topological polar surface area (TPSA) is 85.0 Å². The maximum atomic E-state index is 11.0. The molecule has 2 aromatic carbocycles. The molecule has 6 nitrogen and oxygen atoms in total. The molecule has 0 aliphatic carbocycles. The van der Waals surface area contributed by atoms with Crippen molar-refractivity contribution >= 4 is 6.03 Å². The van der Waals surface area contributed by atoms with Crippen LogP contribution in [0.5, 0.6) is 11.5 Å². The Bertz CT molecular complexity index is 675.